The summed E-state index contributed by atoms with van der Waals surface area (Å²) < 4.78 is 10.2. The van der Waals surface area contributed by atoms with Gasteiger partial charge in [-0.1, -0.05) is 0 Å². The molecule has 98 valence electrons. The van der Waals surface area contributed by atoms with E-state index in [1.807, 2.05) is 20.8 Å². The van der Waals surface area contributed by atoms with E-state index in [1.165, 1.54) is 4.90 Å². The highest BCUT2D eigenvalue weighted by Gasteiger charge is 2.37. The molecule has 0 N–H and O–H groups in total. The number of likely N-dealkylation sites (tertiary alicyclic amines) is 1. The van der Waals surface area contributed by atoms with Gasteiger partial charge in [0, 0.05) is 6.54 Å². The first kappa shape index (κ1) is 13.8. The second-order valence-electron chi connectivity index (χ2n) is 5.08. The molecule has 0 spiro atoms. The summed E-state index contributed by atoms with van der Waals surface area (Å²) in [4.78, 5) is 25.0. The number of nitrogens with zero attached hydrogens (tertiary/aromatic N) is 1. The molecule has 1 fully saturated rings. The maximum absolute atomic E-state index is 11.9. The molecule has 0 aromatic heterocycles. The number of amides is 1. The Labute approximate surface area is 102 Å². The molecule has 1 aliphatic rings. The minimum absolute atomic E-state index is 0.316. The fourth-order valence-electron chi connectivity index (χ4n) is 1.81. The zero-order valence-corrected chi connectivity index (χ0v) is 11.0. The Bertz CT molecular complexity index is 295. The van der Waals surface area contributed by atoms with Crippen LogP contribution < -0.4 is 0 Å². The smallest absolute Gasteiger partial charge is 0.410 e. The Morgan fingerprint density at radius 2 is 2.00 bits per heavy atom. The zero-order chi connectivity index (χ0) is 13.1. The van der Waals surface area contributed by atoms with Crippen molar-refractivity contribution in [2.75, 3.05) is 13.2 Å². The fraction of sp³-hybridized carbons (Fsp3) is 0.833. The average Bonchev–Trinajstić information content (AvgIpc) is 2.63. The van der Waals surface area contributed by atoms with Crippen LogP contribution in [0.1, 0.15) is 40.5 Å². The second-order valence-corrected chi connectivity index (χ2v) is 5.08. The van der Waals surface area contributed by atoms with Crippen LogP contribution in [0.3, 0.4) is 0 Å². The average molecular weight is 243 g/mol. The molecular weight excluding hydrogens is 222 g/mol. The highest BCUT2D eigenvalue weighted by molar-refractivity contribution is 5.82. The molecule has 0 aliphatic carbocycles. The Morgan fingerprint density at radius 3 is 2.53 bits per heavy atom. The summed E-state index contributed by atoms with van der Waals surface area (Å²) in [6.07, 6.45) is 1.03. The summed E-state index contributed by atoms with van der Waals surface area (Å²) in [5.41, 5.74) is -0.528. The van der Waals surface area contributed by atoms with Crippen molar-refractivity contribution >= 4 is 12.1 Å². The van der Waals surface area contributed by atoms with Crippen LogP contribution in [-0.2, 0) is 14.3 Å². The third-order valence-electron chi connectivity index (χ3n) is 2.43. The molecule has 0 unspecified atom stereocenters. The van der Waals surface area contributed by atoms with Gasteiger partial charge in [0.05, 0.1) is 6.61 Å². The van der Waals surface area contributed by atoms with Crippen molar-refractivity contribution in [1.82, 2.24) is 4.90 Å². The summed E-state index contributed by atoms with van der Waals surface area (Å²) in [6, 6.07) is -0.492. The predicted molar refractivity (Wildman–Crippen MR) is 62.6 cm³/mol. The molecule has 5 nitrogen and oxygen atoms in total. The van der Waals surface area contributed by atoms with Crippen LogP contribution in [0, 0.1) is 0 Å². The molecule has 1 saturated heterocycles. The van der Waals surface area contributed by atoms with Gasteiger partial charge < -0.3 is 9.47 Å². The largest absolute Gasteiger partial charge is 0.458 e. The standard InChI is InChI=1S/C12H21NO4/c1-5-16-11(15)13-8-6-7-9(13)10(14)17-12(2,3)4/h9H,5-8H2,1-4H3/t9-/m0/s1. The predicted octanol–water partition coefficient (Wildman–Crippen LogP) is 1.95. The Balaban J connectivity index is 2.63. The monoisotopic (exact) mass is 243 g/mol. The molecular formula is C12H21NO4. The van der Waals surface area contributed by atoms with Crippen molar-refractivity contribution in [2.45, 2.75) is 52.2 Å². The number of carbonyl (C=O) groups excluding carboxylic acids is 2. The Hall–Kier alpha value is -1.26. The number of carbonyl (C=O) groups is 2. The summed E-state index contributed by atoms with van der Waals surface area (Å²) in [7, 11) is 0. The molecule has 0 radical (unpaired) electrons. The van der Waals surface area contributed by atoms with E-state index in [4.69, 9.17) is 9.47 Å². The topological polar surface area (TPSA) is 55.8 Å². The van der Waals surface area contributed by atoms with Crippen molar-refractivity contribution in [3.63, 3.8) is 0 Å². The van der Waals surface area contributed by atoms with E-state index in [0.717, 1.165) is 6.42 Å². The lowest BCUT2D eigenvalue weighted by Crippen LogP contribution is -2.43. The van der Waals surface area contributed by atoms with Gasteiger partial charge >= 0.3 is 12.1 Å². The highest BCUT2D eigenvalue weighted by Crippen LogP contribution is 2.21. The second kappa shape index (κ2) is 5.38. The molecule has 0 saturated carbocycles. The molecule has 0 aromatic carbocycles. The van der Waals surface area contributed by atoms with Gasteiger partial charge in [-0.2, -0.15) is 0 Å². The lowest BCUT2D eigenvalue weighted by molar-refractivity contribution is -0.159. The minimum atomic E-state index is -0.528. The summed E-state index contributed by atoms with van der Waals surface area (Å²) >= 11 is 0. The quantitative estimate of drug-likeness (QED) is 0.695. The van der Waals surface area contributed by atoms with Crippen molar-refractivity contribution < 1.29 is 19.1 Å². The molecule has 1 amide bonds. The third-order valence-corrected chi connectivity index (χ3v) is 2.43. The van der Waals surface area contributed by atoms with Gasteiger partial charge in [0.1, 0.15) is 11.6 Å². The number of esters is 1. The first-order valence-electron chi connectivity index (χ1n) is 6.01. The van der Waals surface area contributed by atoms with E-state index in [-0.39, 0.29) is 5.97 Å². The summed E-state index contributed by atoms with van der Waals surface area (Å²) in [5.74, 6) is -0.344. The van der Waals surface area contributed by atoms with Crippen molar-refractivity contribution in [3.8, 4) is 0 Å². The van der Waals surface area contributed by atoms with E-state index in [0.29, 0.717) is 19.6 Å². The van der Waals surface area contributed by atoms with Gasteiger partial charge in [0.2, 0.25) is 0 Å². The molecule has 1 heterocycles. The van der Waals surface area contributed by atoms with Crippen LogP contribution in [0.4, 0.5) is 4.79 Å². The number of ether oxygens (including phenoxy) is 2. The van der Waals surface area contributed by atoms with Gasteiger partial charge in [-0.25, -0.2) is 9.59 Å². The fourth-order valence-corrected chi connectivity index (χ4v) is 1.81. The van der Waals surface area contributed by atoms with E-state index >= 15 is 0 Å². The van der Waals surface area contributed by atoms with E-state index in [9.17, 15) is 9.59 Å². The first-order chi connectivity index (χ1) is 7.85. The van der Waals surface area contributed by atoms with Crippen LogP contribution in [0.5, 0.6) is 0 Å². The van der Waals surface area contributed by atoms with Crippen molar-refractivity contribution in [3.05, 3.63) is 0 Å². The molecule has 1 rings (SSSR count). The third kappa shape index (κ3) is 3.91. The van der Waals surface area contributed by atoms with Crippen LogP contribution in [-0.4, -0.2) is 41.8 Å². The number of rotatable bonds is 2. The lowest BCUT2D eigenvalue weighted by atomic mass is 10.1. The molecule has 0 bridgehead atoms. The van der Waals surface area contributed by atoms with E-state index in [1.54, 1.807) is 6.92 Å². The number of hydrogen-bond acceptors (Lipinski definition) is 4. The maximum Gasteiger partial charge on any atom is 0.410 e. The zero-order valence-electron chi connectivity index (χ0n) is 11.0. The van der Waals surface area contributed by atoms with Gasteiger partial charge in [-0.3, -0.25) is 4.90 Å². The minimum Gasteiger partial charge on any atom is -0.458 e. The van der Waals surface area contributed by atoms with Crippen LogP contribution in [0.25, 0.3) is 0 Å². The Morgan fingerprint density at radius 1 is 1.35 bits per heavy atom. The van der Waals surface area contributed by atoms with Crippen LogP contribution >= 0.6 is 0 Å². The van der Waals surface area contributed by atoms with Gasteiger partial charge in [-0.15, -0.1) is 0 Å². The summed E-state index contributed by atoms with van der Waals surface area (Å²) in [5, 5.41) is 0. The summed E-state index contributed by atoms with van der Waals surface area (Å²) in [6.45, 7) is 8.06. The van der Waals surface area contributed by atoms with E-state index in [2.05, 4.69) is 0 Å². The van der Waals surface area contributed by atoms with Gasteiger partial charge in [0.25, 0.3) is 0 Å². The highest BCUT2D eigenvalue weighted by atomic mass is 16.6. The van der Waals surface area contributed by atoms with Crippen LogP contribution in [0.15, 0.2) is 0 Å². The molecule has 5 heteroatoms. The molecule has 1 aliphatic heterocycles. The molecule has 1 atom stereocenters. The molecule has 0 aromatic rings. The lowest BCUT2D eigenvalue weighted by Gasteiger charge is -2.26. The number of hydrogen-bond donors (Lipinski definition) is 0. The normalized spacial score (nSPS) is 20.2. The Kier molecular flexibility index (Phi) is 4.37. The molecule has 17 heavy (non-hydrogen) atoms. The van der Waals surface area contributed by atoms with Crippen molar-refractivity contribution in [2.24, 2.45) is 0 Å². The van der Waals surface area contributed by atoms with Crippen LogP contribution in [0.2, 0.25) is 0 Å². The first-order valence-corrected chi connectivity index (χ1v) is 6.01. The maximum atomic E-state index is 11.9. The van der Waals surface area contributed by atoms with Gasteiger partial charge in [-0.05, 0) is 40.5 Å². The van der Waals surface area contributed by atoms with Crippen molar-refractivity contribution in [1.29, 1.82) is 0 Å². The SMILES string of the molecule is CCOC(=O)N1CCC[C@H]1C(=O)OC(C)(C)C. The van der Waals surface area contributed by atoms with Gasteiger partial charge in [0.15, 0.2) is 0 Å². The van der Waals surface area contributed by atoms with E-state index < -0.39 is 17.7 Å².